The Hall–Kier alpha value is -4.98. The van der Waals surface area contributed by atoms with Crippen LogP contribution in [0.2, 0.25) is 0 Å². The summed E-state index contributed by atoms with van der Waals surface area (Å²) < 4.78 is 69.0. The fraction of sp³-hybridized carbons (Fsp3) is 0.564. The van der Waals surface area contributed by atoms with Crippen LogP contribution in [-0.2, 0) is 70.0 Å². The Bertz CT molecular complexity index is 2440. The Morgan fingerprint density at radius 2 is 1.43 bits per heavy atom. The van der Waals surface area contributed by atoms with E-state index in [1.54, 1.807) is 6.92 Å². The number of hydrogen-bond acceptors (Lipinski definition) is 14. The van der Waals surface area contributed by atoms with Crippen molar-refractivity contribution in [1.29, 1.82) is 0 Å². The van der Waals surface area contributed by atoms with Gasteiger partial charge in [0.15, 0.2) is 29.1 Å². The van der Waals surface area contributed by atoms with Gasteiger partial charge in [0.1, 0.15) is 24.3 Å². The van der Waals surface area contributed by atoms with Gasteiger partial charge in [0.05, 0.1) is 58.5 Å². The summed E-state index contributed by atoms with van der Waals surface area (Å²) >= 11 is 0. The van der Waals surface area contributed by atoms with E-state index in [1.165, 1.54) is 31.2 Å². The molecule has 15 nitrogen and oxygen atoms in total. The molecule has 8 rings (SSSR count). The minimum Gasteiger partial charge on any atom is -0.390 e. The maximum atomic E-state index is 17.8. The Morgan fingerprint density at radius 3 is 2.11 bits per heavy atom. The van der Waals surface area contributed by atoms with Crippen LogP contribution >= 0.6 is 0 Å². The molecule has 4 fully saturated rings. The van der Waals surface area contributed by atoms with Crippen molar-refractivity contribution in [3.8, 4) is 0 Å². The van der Waals surface area contributed by atoms with E-state index >= 15 is 8.78 Å². The molecule has 17 heteroatoms. The lowest BCUT2D eigenvalue weighted by atomic mass is 9.44. The molecule has 2 aromatic rings. The highest BCUT2D eigenvalue weighted by atomic mass is 19.1. The van der Waals surface area contributed by atoms with Gasteiger partial charge in [-0.15, -0.1) is 0 Å². The summed E-state index contributed by atoms with van der Waals surface area (Å²) in [5.41, 5.74) is -3.36. The van der Waals surface area contributed by atoms with Gasteiger partial charge < -0.3 is 38.6 Å². The molecule has 388 valence electrons. The minimum atomic E-state index is -2.33. The summed E-state index contributed by atoms with van der Waals surface area (Å²) in [6, 6.07) is 15.4. The van der Waals surface area contributed by atoms with Crippen molar-refractivity contribution >= 4 is 34.9 Å². The van der Waals surface area contributed by atoms with Crippen LogP contribution in [0, 0.1) is 22.7 Å². The second-order valence-electron chi connectivity index (χ2n) is 20.2. The summed E-state index contributed by atoms with van der Waals surface area (Å²) in [6.45, 7) is 5.37. The van der Waals surface area contributed by atoms with Gasteiger partial charge in [-0.2, -0.15) is 0 Å². The molecule has 0 unspecified atom stereocenters. The summed E-state index contributed by atoms with van der Waals surface area (Å²) in [7, 11) is 0. The number of carbonyl (C=O) groups is 6. The van der Waals surface area contributed by atoms with Gasteiger partial charge in [-0.1, -0.05) is 61.5 Å². The molecule has 0 bridgehead atoms. The number of alkyl halides is 2. The molecule has 2 aromatic carbocycles. The maximum absolute atomic E-state index is 17.8. The fourth-order valence-corrected chi connectivity index (χ4v) is 12.2. The first kappa shape index (κ1) is 53.3. The third kappa shape index (κ3) is 10.5. The van der Waals surface area contributed by atoms with Crippen LogP contribution in [0.5, 0.6) is 0 Å². The molecule has 2 heterocycles. The number of amides is 2. The van der Waals surface area contributed by atoms with Crippen molar-refractivity contribution in [3.63, 3.8) is 0 Å². The minimum absolute atomic E-state index is 0.0143. The molecule has 10 atom stereocenters. The van der Waals surface area contributed by atoms with Crippen molar-refractivity contribution in [2.45, 2.75) is 108 Å². The standard InChI is InChI=1S/C55H65F2NO14/c1-52-17-14-40(61)30-44(52)45(56)31-43-42-32-48-55(47(64)34-59,53(42,2)33-46(63)54(43,52)57)72-51(71-48)38-10-8-35(9-11-38)27-36-5-3-6-37(28-36)29-41(62)16-20-68-22-24-70-26-25-69-23-21-67-19-4-7-39(60)15-18-58-49(65)12-13-50(58)66/h3,5-6,8-14,17,28,30,42-43,45-46,48,51,59,63H,4,7,15-16,18-27,29,31-34H2,1-2H3/t42-,43-,45-,46-,48+,51+,52-,53-,54-,55+/m0/s1. The van der Waals surface area contributed by atoms with E-state index < -0.39 is 88.6 Å². The highest BCUT2D eigenvalue weighted by molar-refractivity contribution is 6.13. The first-order valence-electron chi connectivity index (χ1n) is 25.0. The molecule has 0 radical (unpaired) electrons. The van der Waals surface area contributed by atoms with Crippen LogP contribution in [0.3, 0.4) is 0 Å². The predicted molar refractivity (Wildman–Crippen MR) is 255 cm³/mol. The Morgan fingerprint density at radius 1 is 0.778 bits per heavy atom. The smallest absolute Gasteiger partial charge is 0.253 e. The van der Waals surface area contributed by atoms with Gasteiger partial charge >= 0.3 is 0 Å². The van der Waals surface area contributed by atoms with Crippen LogP contribution in [0.25, 0.3) is 0 Å². The quantitative estimate of drug-likeness (QED) is 0.0926. The Balaban J connectivity index is 0.723. The van der Waals surface area contributed by atoms with Crippen molar-refractivity contribution in [3.05, 3.63) is 107 Å². The van der Waals surface area contributed by atoms with Crippen molar-refractivity contribution in [2.75, 3.05) is 66.0 Å². The number of fused-ring (bicyclic) bond motifs is 7. The maximum Gasteiger partial charge on any atom is 0.253 e. The number of aliphatic hydroxyl groups is 2. The molecule has 0 aromatic heterocycles. The molecule has 0 spiro atoms. The molecular formula is C55H65F2NO14. The molecule has 72 heavy (non-hydrogen) atoms. The van der Waals surface area contributed by atoms with Crippen LogP contribution in [0.1, 0.15) is 87.3 Å². The number of halogens is 2. The van der Waals surface area contributed by atoms with Crippen molar-refractivity contribution in [2.24, 2.45) is 22.7 Å². The number of imide groups is 1. The molecule has 1 saturated heterocycles. The van der Waals surface area contributed by atoms with Crippen LogP contribution in [0.15, 0.2) is 84.5 Å². The van der Waals surface area contributed by atoms with E-state index in [0.29, 0.717) is 71.1 Å². The molecule has 6 aliphatic rings. The predicted octanol–water partition coefficient (Wildman–Crippen LogP) is 5.15. The SMILES string of the molecule is C[C@]12C=CC(=O)C=C1[C@@H](F)C[C@H]1[C@@H]3C[C@H]4O[C@@H](c5ccc(Cc6cccc(CC(=O)CCOCCOCCOCCOCCCC(=O)CCN7C(=O)C=CC7=O)c6)cc5)O[C@@]4(C(=O)CO)[C@@]3(C)C[C@H](O)[C@@]12F. The molecule has 2 amide bonds. The normalized spacial score (nSPS) is 31.3. The summed E-state index contributed by atoms with van der Waals surface area (Å²) in [5.74, 6) is -3.53. The summed E-state index contributed by atoms with van der Waals surface area (Å²) in [4.78, 5) is 75.2. The zero-order valence-electron chi connectivity index (χ0n) is 40.9. The summed E-state index contributed by atoms with van der Waals surface area (Å²) in [5, 5.41) is 22.1. The summed E-state index contributed by atoms with van der Waals surface area (Å²) in [6.07, 6.45) is 2.69. The van der Waals surface area contributed by atoms with E-state index in [4.69, 9.17) is 28.4 Å². The number of aliphatic hydroxyl groups excluding tert-OH is 2. The van der Waals surface area contributed by atoms with Crippen LogP contribution in [-0.4, -0.2) is 146 Å². The molecule has 3 saturated carbocycles. The van der Waals surface area contributed by atoms with E-state index in [0.717, 1.165) is 27.7 Å². The first-order chi connectivity index (χ1) is 34.5. The third-order valence-electron chi connectivity index (χ3n) is 15.9. The number of nitrogens with zero attached hydrogens (tertiary/aromatic N) is 1. The Labute approximate surface area is 417 Å². The van der Waals surface area contributed by atoms with Crippen molar-refractivity contribution in [1.82, 2.24) is 4.90 Å². The number of carbonyl (C=O) groups excluding carboxylic acids is 6. The monoisotopic (exact) mass is 1000 g/mol. The zero-order valence-corrected chi connectivity index (χ0v) is 40.9. The van der Waals surface area contributed by atoms with Gasteiger partial charge in [-0.3, -0.25) is 33.7 Å². The number of Topliss-reactive ketones (excluding diaryl/α,β-unsaturated/α-hetero) is 3. The lowest BCUT2D eigenvalue weighted by Gasteiger charge is -2.63. The molecule has 2 N–H and O–H groups in total. The largest absolute Gasteiger partial charge is 0.390 e. The number of rotatable bonds is 26. The van der Waals surface area contributed by atoms with Gasteiger partial charge in [0.25, 0.3) is 11.8 Å². The number of ether oxygens (including phenoxy) is 6. The number of hydrogen-bond donors (Lipinski definition) is 2. The van der Waals surface area contributed by atoms with Gasteiger partial charge in [0.2, 0.25) is 0 Å². The highest BCUT2D eigenvalue weighted by Gasteiger charge is 2.80. The van der Waals surface area contributed by atoms with E-state index in [-0.39, 0.29) is 68.8 Å². The van der Waals surface area contributed by atoms with E-state index in [2.05, 4.69) is 0 Å². The lowest BCUT2D eigenvalue weighted by Crippen LogP contribution is -2.70. The fourth-order valence-electron chi connectivity index (χ4n) is 12.2. The highest BCUT2D eigenvalue weighted by Crippen LogP contribution is 2.72. The second kappa shape index (κ2) is 22.6. The molecular weight excluding hydrogens is 937 g/mol. The number of ketones is 4. The topological polar surface area (TPSA) is 201 Å². The second-order valence-corrected chi connectivity index (χ2v) is 20.2. The lowest BCUT2D eigenvalue weighted by molar-refractivity contribution is -0.235. The third-order valence-corrected chi connectivity index (χ3v) is 15.9. The van der Waals surface area contributed by atoms with Crippen LogP contribution < -0.4 is 0 Å². The molecule has 4 aliphatic carbocycles. The average molecular weight is 1000 g/mol. The van der Waals surface area contributed by atoms with Gasteiger partial charge in [-0.25, -0.2) is 8.78 Å². The number of benzene rings is 2. The van der Waals surface area contributed by atoms with Gasteiger partial charge in [-0.05, 0) is 79.4 Å². The average Bonchev–Trinajstić information content (AvgIpc) is 3.98. The Kier molecular flexibility index (Phi) is 16.8. The van der Waals surface area contributed by atoms with E-state index in [9.17, 15) is 39.0 Å². The first-order valence-corrected chi connectivity index (χ1v) is 25.0. The van der Waals surface area contributed by atoms with Gasteiger partial charge in [0, 0.05) is 73.3 Å². The zero-order chi connectivity index (χ0) is 51.3. The van der Waals surface area contributed by atoms with E-state index in [1.807, 2.05) is 48.5 Å². The van der Waals surface area contributed by atoms with Crippen LogP contribution in [0.4, 0.5) is 8.78 Å². The number of allylic oxidation sites excluding steroid dienone is 4. The van der Waals surface area contributed by atoms with Crippen molar-refractivity contribution < 1.29 is 76.2 Å². The molecule has 2 aliphatic heterocycles.